The van der Waals surface area contributed by atoms with Crippen LogP contribution in [0.4, 0.5) is 0 Å². The molecule has 0 aliphatic carbocycles. The number of hydrogen-bond acceptors (Lipinski definition) is 1. The van der Waals surface area contributed by atoms with Gasteiger partial charge in [0.25, 0.3) is 0 Å². The van der Waals surface area contributed by atoms with E-state index < -0.39 is 0 Å². The molecule has 0 radical (unpaired) electrons. The molecule has 1 aromatic carbocycles. The molecule has 0 aliphatic heterocycles. The zero-order valence-electron chi connectivity index (χ0n) is 9.97. The topological polar surface area (TPSA) is 12.0 Å². The Labute approximate surface area is 101 Å². The summed E-state index contributed by atoms with van der Waals surface area (Å²) in [5, 5.41) is 3.52. The van der Waals surface area contributed by atoms with Gasteiger partial charge in [0.2, 0.25) is 0 Å². The van der Waals surface area contributed by atoms with Crippen LogP contribution in [0.1, 0.15) is 31.9 Å². The summed E-state index contributed by atoms with van der Waals surface area (Å²) in [5.41, 5.74) is 2.62. The Bertz CT molecular complexity index is 320. The fourth-order valence-electron chi connectivity index (χ4n) is 1.26. The number of nitrogens with one attached hydrogen (secondary N) is 1. The smallest absolute Gasteiger partial charge is 0.0208 e. The van der Waals surface area contributed by atoms with Crippen LogP contribution in [0.5, 0.6) is 0 Å². The monoisotopic (exact) mass is 269 g/mol. The Hall–Kier alpha value is -0.340. The van der Waals surface area contributed by atoms with Crippen molar-refractivity contribution in [2.45, 2.75) is 40.3 Å². The van der Waals surface area contributed by atoms with E-state index in [1.807, 2.05) is 0 Å². The van der Waals surface area contributed by atoms with E-state index in [1.54, 1.807) is 0 Å². The van der Waals surface area contributed by atoms with Crippen molar-refractivity contribution in [3.8, 4) is 0 Å². The van der Waals surface area contributed by atoms with Crippen LogP contribution in [0.2, 0.25) is 0 Å². The molecule has 1 N–H and O–H groups in total. The van der Waals surface area contributed by atoms with E-state index in [4.69, 9.17) is 0 Å². The van der Waals surface area contributed by atoms with E-state index in [1.165, 1.54) is 15.6 Å². The Kier molecular flexibility index (Phi) is 4.81. The largest absolute Gasteiger partial charge is 0.310 e. The van der Waals surface area contributed by atoms with E-state index >= 15 is 0 Å². The maximum atomic E-state index is 3.55. The molecule has 0 saturated carbocycles. The molecule has 15 heavy (non-hydrogen) atoms. The van der Waals surface area contributed by atoms with Crippen molar-refractivity contribution in [2.75, 3.05) is 0 Å². The van der Waals surface area contributed by atoms with Gasteiger partial charge >= 0.3 is 0 Å². The highest BCUT2D eigenvalue weighted by Gasteiger charge is 2.06. The molecule has 0 bridgehead atoms. The molecule has 1 nitrogen and oxygen atoms in total. The summed E-state index contributed by atoms with van der Waals surface area (Å²) >= 11 is 3.55. The van der Waals surface area contributed by atoms with Crippen molar-refractivity contribution in [2.24, 2.45) is 5.92 Å². The zero-order chi connectivity index (χ0) is 11.4. The van der Waals surface area contributed by atoms with Crippen LogP contribution in [-0.4, -0.2) is 6.04 Å². The average molecular weight is 270 g/mol. The summed E-state index contributed by atoms with van der Waals surface area (Å²) < 4.78 is 1.19. The van der Waals surface area contributed by atoms with Crippen LogP contribution in [-0.2, 0) is 6.54 Å². The molecule has 0 spiro atoms. The van der Waals surface area contributed by atoms with Crippen LogP contribution >= 0.6 is 15.9 Å². The highest BCUT2D eigenvalue weighted by atomic mass is 79.9. The minimum Gasteiger partial charge on any atom is -0.310 e. The van der Waals surface area contributed by atoms with Crippen LogP contribution in [0.15, 0.2) is 22.7 Å². The lowest BCUT2D eigenvalue weighted by atomic mass is 10.1. The third-order valence-electron chi connectivity index (χ3n) is 2.86. The lowest BCUT2D eigenvalue weighted by molar-refractivity contribution is 0.426. The van der Waals surface area contributed by atoms with Crippen molar-refractivity contribution in [3.05, 3.63) is 33.8 Å². The Balaban J connectivity index is 2.55. The summed E-state index contributed by atoms with van der Waals surface area (Å²) in [7, 11) is 0. The second-order valence-corrected chi connectivity index (χ2v) is 5.35. The molecule has 1 atom stereocenters. The van der Waals surface area contributed by atoms with Crippen molar-refractivity contribution in [1.29, 1.82) is 0 Å². The number of rotatable bonds is 4. The number of benzene rings is 1. The minimum atomic E-state index is 0.560. The molecular formula is C13H20BrN. The molecule has 84 valence electrons. The lowest BCUT2D eigenvalue weighted by Gasteiger charge is -2.17. The maximum absolute atomic E-state index is 3.55. The summed E-state index contributed by atoms with van der Waals surface area (Å²) in [5.74, 6) is 0.680. The van der Waals surface area contributed by atoms with Crippen molar-refractivity contribution in [3.63, 3.8) is 0 Å². The van der Waals surface area contributed by atoms with E-state index in [9.17, 15) is 0 Å². The van der Waals surface area contributed by atoms with Crippen LogP contribution in [0.25, 0.3) is 0 Å². The first-order chi connectivity index (χ1) is 7.00. The Morgan fingerprint density at radius 2 is 1.93 bits per heavy atom. The second-order valence-electron chi connectivity index (χ2n) is 4.50. The standard InChI is InChI=1S/C13H20BrN/c1-9(2)11(4)15-8-12-6-5-10(3)13(14)7-12/h5-7,9,11,15H,8H2,1-4H3. The molecular weight excluding hydrogens is 250 g/mol. The third kappa shape index (κ3) is 3.96. The van der Waals surface area contributed by atoms with E-state index in [-0.39, 0.29) is 0 Å². The highest BCUT2D eigenvalue weighted by molar-refractivity contribution is 9.10. The second kappa shape index (κ2) is 5.66. The molecule has 0 aliphatic rings. The van der Waals surface area contributed by atoms with Gasteiger partial charge in [-0.25, -0.2) is 0 Å². The molecule has 0 saturated heterocycles. The van der Waals surface area contributed by atoms with Crippen LogP contribution < -0.4 is 5.32 Å². The quantitative estimate of drug-likeness (QED) is 0.875. The SMILES string of the molecule is Cc1ccc(CNC(C)C(C)C)cc1Br. The van der Waals surface area contributed by atoms with Gasteiger partial charge in [0.15, 0.2) is 0 Å². The lowest BCUT2D eigenvalue weighted by Crippen LogP contribution is -2.30. The summed E-state index contributed by atoms with van der Waals surface area (Å²) in [6.45, 7) is 9.76. The molecule has 0 fully saturated rings. The van der Waals surface area contributed by atoms with E-state index in [0.717, 1.165) is 6.54 Å². The zero-order valence-corrected chi connectivity index (χ0v) is 11.6. The highest BCUT2D eigenvalue weighted by Crippen LogP contribution is 2.17. The van der Waals surface area contributed by atoms with Gasteiger partial charge in [-0.1, -0.05) is 41.9 Å². The van der Waals surface area contributed by atoms with Gasteiger partial charge in [-0.15, -0.1) is 0 Å². The van der Waals surface area contributed by atoms with Crippen LogP contribution in [0.3, 0.4) is 0 Å². The van der Waals surface area contributed by atoms with Gasteiger partial charge in [0, 0.05) is 17.1 Å². The van der Waals surface area contributed by atoms with Gasteiger partial charge in [-0.05, 0) is 37.0 Å². The third-order valence-corrected chi connectivity index (χ3v) is 3.72. The summed E-state index contributed by atoms with van der Waals surface area (Å²) in [6.07, 6.45) is 0. The van der Waals surface area contributed by atoms with Crippen LogP contribution in [0, 0.1) is 12.8 Å². The Morgan fingerprint density at radius 1 is 1.27 bits per heavy atom. The van der Waals surface area contributed by atoms with Gasteiger partial charge in [0.05, 0.1) is 0 Å². The summed E-state index contributed by atoms with van der Waals surface area (Å²) in [4.78, 5) is 0. The fraction of sp³-hybridized carbons (Fsp3) is 0.538. The molecule has 0 amide bonds. The maximum Gasteiger partial charge on any atom is 0.0208 e. The first kappa shape index (κ1) is 12.7. The van der Waals surface area contributed by atoms with E-state index in [2.05, 4.69) is 67.1 Å². The van der Waals surface area contributed by atoms with Gasteiger partial charge in [-0.3, -0.25) is 0 Å². The van der Waals surface area contributed by atoms with E-state index in [0.29, 0.717) is 12.0 Å². The summed E-state index contributed by atoms with van der Waals surface area (Å²) in [6, 6.07) is 7.08. The van der Waals surface area contributed by atoms with Crippen molar-refractivity contribution >= 4 is 15.9 Å². The fourth-order valence-corrected chi connectivity index (χ4v) is 1.69. The number of aryl methyl sites for hydroxylation is 1. The number of hydrogen-bond donors (Lipinski definition) is 1. The normalized spacial score (nSPS) is 13.2. The first-order valence-electron chi connectivity index (χ1n) is 5.49. The molecule has 1 rings (SSSR count). The minimum absolute atomic E-state index is 0.560. The number of halogens is 1. The molecule has 1 unspecified atom stereocenters. The average Bonchev–Trinajstić information content (AvgIpc) is 2.19. The molecule has 0 aromatic heterocycles. The molecule has 0 heterocycles. The van der Waals surface area contributed by atoms with Crippen molar-refractivity contribution in [1.82, 2.24) is 5.32 Å². The van der Waals surface area contributed by atoms with Gasteiger partial charge < -0.3 is 5.32 Å². The van der Waals surface area contributed by atoms with Gasteiger partial charge in [-0.2, -0.15) is 0 Å². The van der Waals surface area contributed by atoms with Crippen molar-refractivity contribution < 1.29 is 0 Å². The molecule has 1 aromatic rings. The molecule has 2 heteroatoms. The Morgan fingerprint density at radius 3 is 2.47 bits per heavy atom. The predicted octanol–water partition coefficient (Wildman–Crippen LogP) is 3.89. The predicted molar refractivity (Wildman–Crippen MR) is 70.0 cm³/mol. The van der Waals surface area contributed by atoms with Gasteiger partial charge in [0.1, 0.15) is 0 Å². The first-order valence-corrected chi connectivity index (χ1v) is 6.28.